The van der Waals surface area contributed by atoms with Crippen LogP contribution < -0.4 is 0 Å². The Morgan fingerprint density at radius 3 is 1.59 bits per heavy atom. The summed E-state index contributed by atoms with van der Waals surface area (Å²) in [6.45, 7) is 2.30. The van der Waals surface area contributed by atoms with Gasteiger partial charge in [0.25, 0.3) is 0 Å². The summed E-state index contributed by atoms with van der Waals surface area (Å²) in [4.78, 5) is 0. The molecule has 0 aliphatic carbocycles. The van der Waals surface area contributed by atoms with Gasteiger partial charge in [-0.1, -0.05) is 77.6 Å². The standard InChI is InChI=1S/C15H31ClSi/c1-2-3-13-17(16)14-11-9-7-5-4-6-8-10-12-15-17/h2-15H2,1H3. The van der Waals surface area contributed by atoms with Crippen LogP contribution in [-0.2, 0) is 0 Å². The van der Waals surface area contributed by atoms with Crippen LogP contribution in [0.3, 0.4) is 0 Å². The maximum absolute atomic E-state index is 6.99. The molecule has 0 aromatic heterocycles. The molecule has 1 rings (SSSR count). The Kier molecular flexibility index (Phi) is 8.64. The van der Waals surface area contributed by atoms with E-state index in [0.29, 0.717) is 0 Å². The summed E-state index contributed by atoms with van der Waals surface area (Å²) in [5, 5.41) is 0. The highest BCUT2D eigenvalue weighted by Gasteiger charge is 2.28. The fourth-order valence-electron chi connectivity index (χ4n) is 2.99. The molecule has 2 heteroatoms. The molecule has 0 radical (unpaired) electrons. The molecule has 0 aromatic carbocycles. The van der Waals surface area contributed by atoms with Crippen molar-refractivity contribution in [2.45, 2.75) is 95.7 Å². The summed E-state index contributed by atoms with van der Waals surface area (Å²) in [5.41, 5.74) is 0. The maximum atomic E-state index is 6.99. The summed E-state index contributed by atoms with van der Waals surface area (Å²) >= 11 is 6.99. The third kappa shape index (κ3) is 7.51. The minimum absolute atomic E-state index is 1.32. The van der Waals surface area contributed by atoms with Gasteiger partial charge in [0.2, 0.25) is 0 Å². The molecule has 0 saturated carbocycles. The van der Waals surface area contributed by atoms with Crippen LogP contribution in [0, 0.1) is 0 Å². The molecular weight excluding hydrogens is 244 g/mol. The smallest absolute Gasteiger partial charge is 0.156 e. The van der Waals surface area contributed by atoms with Gasteiger partial charge in [0.1, 0.15) is 0 Å². The van der Waals surface area contributed by atoms with Gasteiger partial charge in [-0.25, -0.2) is 0 Å². The molecule has 0 unspecified atom stereocenters. The number of rotatable bonds is 3. The van der Waals surface area contributed by atoms with Crippen molar-refractivity contribution in [2.75, 3.05) is 0 Å². The van der Waals surface area contributed by atoms with Crippen molar-refractivity contribution in [1.82, 2.24) is 0 Å². The van der Waals surface area contributed by atoms with E-state index in [1.165, 1.54) is 88.8 Å². The van der Waals surface area contributed by atoms with E-state index >= 15 is 0 Å². The Labute approximate surface area is 114 Å². The zero-order valence-electron chi connectivity index (χ0n) is 11.8. The quantitative estimate of drug-likeness (QED) is 0.407. The topological polar surface area (TPSA) is 0 Å². The first-order valence-electron chi connectivity index (χ1n) is 7.96. The third-order valence-electron chi connectivity index (χ3n) is 4.23. The predicted octanol–water partition coefficient (Wildman–Crippen LogP) is 6.50. The highest BCUT2D eigenvalue weighted by Crippen LogP contribution is 2.33. The molecule has 102 valence electrons. The van der Waals surface area contributed by atoms with Crippen LogP contribution >= 0.6 is 11.1 Å². The Hall–Kier alpha value is 0.507. The van der Waals surface area contributed by atoms with Gasteiger partial charge in [-0.3, -0.25) is 0 Å². The average molecular weight is 275 g/mol. The highest BCUT2D eigenvalue weighted by atomic mass is 35.6. The second-order valence-corrected chi connectivity index (χ2v) is 12.1. The maximum Gasteiger partial charge on any atom is 0.156 e. The van der Waals surface area contributed by atoms with Crippen LogP contribution in [0.5, 0.6) is 0 Å². The molecule has 0 spiro atoms. The number of halogens is 1. The van der Waals surface area contributed by atoms with E-state index in [-0.39, 0.29) is 0 Å². The van der Waals surface area contributed by atoms with Gasteiger partial charge in [0, 0.05) is 0 Å². The average Bonchev–Trinajstić information content (AvgIpc) is 2.32. The Morgan fingerprint density at radius 1 is 0.765 bits per heavy atom. The van der Waals surface area contributed by atoms with Crippen LogP contribution in [0.15, 0.2) is 0 Å². The molecular formula is C15H31ClSi. The van der Waals surface area contributed by atoms with E-state index in [1.54, 1.807) is 0 Å². The lowest BCUT2D eigenvalue weighted by molar-refractivity contribution is 0.564. The molecule has 17 heavy (non-hydrogen) atoms. The van der Waals surface area contributed by atoms with Gasteiger partial charge < -0.3 is 0 Å². The van der Waals surface area contributed by atoms with Crippen LogP contribution in [0.2, 0.25) is 18.1 Å². The van der Waals surface area contributed by atoms with Gasteiger partial charge in [-0.2, -0.15) is 11.1 Å². The van der Waals surface area contributed by atoms with Crippen molar-refractivity contribution < 1.29 is 0 Å². The summed E-state index contributed by atoms with van der Waals surface area (Å²) < 4.78 is 0. The van der Waals surface area contributed by atoms with Crippen molar-refractivity contribution in [1.29, 1.82) is 0 Å². The van der Waals surface area contributed by atoms with Gasteiger partial charge in [-0.15, -0.1) is 0 Å². The van der Waals surface area contributed by atoms with Crippen LogP contribution in [-0.4, -0.2) is 7.38 Å². The normalized spacial score (nSPS) is 23.6. The lowest BCUT2D eigenvalue weighted by Crippen LogP contribution is -2.26. The van der Waals surface area contributed by atoms with E-state index in [0.717, 1.165) is 0 Å². The molecule has 1 saturated heterocycles. The first kappa shape index (κ1) is 15.6. The van der Waals surface area contributed by atoms with E-state index in [4.69, 9.17) is 11.1 Å². The van der Waals surface area contributed by atoms with Gasteiger partial charge in [0.15, 0.2) is 7.38 Å². The van der Waals surface area contributed by atoms with Crippen molar-refractivity contribution in [2.24, 2.45) is 0 Å². The molecule has 1 heterocycles. The number of unbranched alkanes of at least 4 members (excludes halogenated alkanes) is 1. The lowest BCUT2D eigenvalue weighted by Gasteiger charge is -2.25. The Balaban J connectivity index is 2.35. The van der Waals surface area contributed by atoms with E-state index in [2.05, 4.69) is 6.92 Å². The molecule has 0 amide bonds. The number of hydrogen-bond donors (Lipinski definition) is 0. The summed E-state index contributed by atoms with van der Waals surface area (Å²) in [6, 6.07) is 4.17. The molecule has 1 fully saturated rings. The van der Waals surface area contributed by atoms with E-state index < -0.39 is 7.38 Å². The monoisotopic (exact) mass is 274 g/mol. The summed E-state index contributed by atoms with van der Waals surface area (Å²) in [7, 11) is -1.36. The lowest BCUT2D eigenvalue weighted by atomic mass is 10.1. The first-order valence-corrected chi connectivity index (χ1v) is 11.6. The summed E-state index contributed by atoms with van der Waals surface area (Å²) in [6.07, 6.45) is 15.7. The van der Waals surface area contributed by atoms with Crippen molar-refractivity contribution in [3.8, 4) is 0 Å². The molecule has 0 bridgehead atoms. The second kappa shape index (κ2) is 9.44. The van der Waals surface area contributed by atoms with E-state index in [1.807, 2.05) is 0 Å². The Morgan fingerprint density at radius 2 is 1.18 bits per heavy atom. The molecule has 0 aromatic rings. The molecule has 1 aliphatic rings. The zero-order chi connectivity index (χ0) is 12.4. The first-order chi connectivity index (χ1) is 8.27. The van der Waals surface area contributed by atoms with Crippen molar-refractivity contribution in [3.63, 3.8) is 0 Å². The fraction of sp³-hybridized carbons (Fsp3) is 1.00. The SMILES string of the molecule is CCCC[Si]1(Cl)CCCCCCCCCCC1. The van der Waals surface area contributed by atoms with Gasteiger partial charge in [0.05, 0.1) is 0 Å². The summed E-state index contributed by atoms with van der Waals surface area (Å²) in [5.74, 6) is 0. The highest BCUT2D eigenvalue weighted by molar-refractivity contribution is 7.20. The molecule has 1 aliphatic heterocycles. The van der Waals surface area contributed by atoms with Gasteiger partial charge >= 0.3 is 0 Å². The Bertz CT molecular complexity index is 170. The molecule has 0 nitrogen and oxygen atoms in total. The zero-order valence-corrected chi connectivity index (χ0v) is 13.5. The molecule has 0 atom stereocenters. The predicted molar refractivity (Wildman–Crippen MR) is 82.5 cm³/mol. The molecule has 0 N–H and O–H groups in total. The van der Waals surface area contributed by atoms with Crippen molar-refractivity contribution >= 4 is 18.5 Å². The second-order valence-electron chi connectivity index (χ2n) is 5.94. The minimum Gasteiger partial charge on any atom is -0.167 e. The fourth-order valence-corrected chi connectivity index (χ4v) is 7.70. The largest absolute Gasteiger partial charge is 0.167 e. The van der Waals surface area contributed by atoms with Gasteiger partial charge in [-0.05, 0) is 18.1 Å². The van der Waals surface area contributed by atoms with Crippen LogP contribution in [0.4, 0.5) is 0 Å². The third-order valence-corrected chi connectivity index (χ3v) is 9.68. The number of hydrogen-bond acceptors (Lipinski definition) is 0. The minimum atomic E-state index is -1.36. The van der Waals surface area contributed by atoms with Crippen LogP contribution in [0.25, 0.3) is 0 Å². The van der Waals surface area contributed by atoms with E-state index in [9.17, 15) is 0 Å². The van der Waals surface area contributed by atoms with Crippen molar-refractivity contribution in [3.05, 3.63) is 0 Å². The van der Waals surface area contributed by atoms with Crippen LogP contribution in [0.1, 0.15) is 77.6 Å².